The van der Waals surface area contributed by atoms with Crippen molar-refractivity contribution in [1.82, 2.24) is 4.90 Å². The highest BCUT2D eigenvalue weighted by Crippen LogP contribution is 2.37. The zero-order valence-electron chi connectivity index (χ0n) is 14.3. The molecule has 0 saturated carbocycles. The SMILES string of the molecule is COc1ccc(/C=C2\SC(=O)N([C@H](C(=O)O)C(C)C)C2=S)cc1OC. The number of carbonyl (C=O) groups excluding carboxylic acids is 1. The fraction of sp³-hybridized carbons (Fsp3) is 0.353. The van der Waals surface area contributed by atoms with E-state index in [2.05, 4.69) is 0 Å². The number of carboxylic acids is 1. The van der Waals surface area contributed by atoms with Gasteiger partial charge in [0.25, 0.3) is 5.24 Å². The molecule has 0 spiro atoms. The number of rotatable bonds is 6. The Morgan fingerprint density at radius 1 is 1.28 bits per heavy atom. The van der Waals surface area contributed by atoms with Crippen LogP contribution in [0.15, 0.2) is 23.1 Å². The second-order valence-corrected chi connectivity index (χ2v) is 7.07. The fourth-order valence-electron chi connectivity index (χ4n) is 2.51. The Kier molecular flexibility index (Phi) is 6.07. The molecule has 0 unspecified atom stereocenters. The minimum Gasteiger partial charge on any atom is -0.493 e. The Bertz CT molecular complexity index is 745. The molecule has 6 nitrogen and oxygen atoms in total. The number of hydrogen-bond acceptors (Lipinski definition) is 6. The standard InChI is InChI=1S/C17H19NO5S2/c1-9(2)14(16(19)20)18-15(24)13(25-17(18)21)8-10-5-6-11(22-3)12(7-10)23-4/h5-9,14H,1-4H3,(H,19,20)/b13-8-/t14-/m0/s1. The lowest BCUT2D eigenvalue weighted by Gasteiger charge is -2.26. The summed E-state index contributed by atoms with van der Waals surface area (Å²) in [5, 5.41) is 9.05. The van der Waals surface area contributed by atoms with E-state index in [1.807, 2.05) is 6.07 Å². The molecule has 2 rings (SSSR count). The molecule has 1 aliphatic heterocycles. The lowest BCUT2D eigenvalue weighted by atomic mass is 10.0. The Balaban J connectivity index is 2.36. The van der Waals surface area contributed by atoms with Crippen molar-refractivity contribution >= 4 is 46.3 Å². The van der Waals surface area contributed by atoms with Crippen LogP contribution in [0.3, 0.4) is 0 Å². The third-order valence-corrected chi connectivity index (χ3v) is 5.14. The smallest absolute Gasteiger partial charge is 0.327 e. The van der Waals surface area contributed by atoms with Crippen LogP contribution in [-0.2, 0) is 4.79 Å². The van der Waals surface area contributed by atoms with Gasteiger partial charge in [0.15, 0.2) is 11.5 Å². The van der Waals surface area contributed by atoms with Crippen LogP contribution in [0.25, 0.3) is 6.08 Å². The summed E-state index contributed by atoms with van der Waals surface area (Å²) in [6.45, 7) is 3.49. The van der Waals surface area contributed by atoms with Gasteiger partial charge in [0, 0.05) is 0 Å². The average Bonchev–Trinajstić information content (AvgIpc) is 2.82. The van der Waals surface area contributed by atoms with Crippen molar-refractivity contribution in [2.24, 2.45) is 5.92 Å². The van der Waals surface area contributed by atoms with Crippen molar-refractivity contribution in [2.45, 2.75) is 19.9 Å². The summed E-state index contributed by atoms with van der Waals surface area (Å²) in [7, 11) is 3.08. The maximum atomic E-state index is 12.3. The Hall–Kier alpha value is -2.06. The molecule has 0 aromatic heterocycles. The second kappa shape index (κ2) is 7.88. The molecule has 0 bridgehead atoms. The molecular weight excluding hydrogens is 362 g/mol. The van der Waals surface area contributed by atoms with Gasteiger partial charge in [0.1, 0.15) is 11.0 Å². The van der Waals surface area contributed by atoms with Gasteiger partial charge in [0.2, 0.25) is 0 Å². The Morgan fingerprint density at radius 3 is 2.44 bits per heavy atom. The van der Waals surface area contributed by atoms with Gasteiger partial charge in [-0.3, -0.25) is 9.69 Å². The molecule has 1 aromatic rings. The summed E-state index contributed by atoms with van der Waals surface area (Å²) in [4.78, 5) is 25.8. The molecule has 1 atom stereocenters. The number of thiocarbonyl (C=S) groups is 1. The van der Waals surface area contributed by atoms with E-state index in [9.17, 15) is 14.7 Å². The third-order valence-electron chi connectivity index (χ3n) is 3.69. The first kappa shape index (κ1) is 19.3. The van der Waals surface area contributed by atoms with Crippen LogP contribution in [0.2, 0.25) is 0 Å². The number of methoxy groups -OCH3 is 2. The Labute approximate surface area is 155 Å². The largest absolute Gasteiger partial charge is 0.493 e. The lowest BCUT2D eigenvalue weighted by molar-refractivity contribution is -0.142. The molecule has 134 valence electrons. The number of carbonyl (C=O) groups is 2. The molecule has 1 fully saturated rings. The van der Waals surface area contributed by atoms with E-state index in [0.717, 1.165) is 17.3 Å². The number of amides is 1. The van der Waals surface area contributed by atoms with Crippen molar-refractivity contribution in [3.05, 3.63) is 28.7 Å². The normalized spacial score (nSPS) is 17.3. The van der Waals surface area contributed by atoms with E-state index in [-0.39, 0.29) is 16.1 Å². The third kappa shape index (κ3) is 3.96. The lowest BCUT2D eigenvalue weighted by Crippen LogP contribution is -2.46. The van der Waals surface area contributed by atoms with Crippen molar-refractivity contribution < 1.29 is 24.2 Å². The maximum absolute atomic E-state index is 12.3. The minimum atomic E-state index is -1.07. The van der Waals surface area contributed by atoms with Crippen molar-refractivity contribution in [3.8, 4) is 11.5 Å². The van der Waals surface area contributed by atoms with Gasteiger partial charge in [-0.1, -0.05) is 32.1 Å². The van der Waals surface area contributed by atoms with Gasteiger partial charge in [-0.15, -0.1) is 0 Å². The van der Waals surface area contributed by atoms with Crippen LogP contribution in [0.4, 0.5) is 4.79 Å². The molecule has 25 heavy (non-hydrogen) atoms. The fourth-order valence-corrected chi connectivity index (χ4v) is 3.82. The van der Waals surface area contributed by atoms with Gasteiger partial charge >= 0.3 is 5.97 Å². The molecule has 1 N–H and O–H groups in total. The highest BCUT2D eigenvalue weighted by Gasteiger charge is 2.41. The van der Waals surface area contributed by atoms with E-state index in [1.54, 1.807) is 39.2 Å². The number of hydrogen-bond donors (Lipinski definition) is 1. The van der Waals surface area contributed by atoms with E-state index < -0.39 is 12.0 Å². The van der Waals surface area contributed by atoms with Crippen LogP contribution < -0.4 is 9.47 Å². The molecule has 1 amide bonds. The number of thioether (sulfide) groups is 1. The van der Waals surface area contributed by atoms with Crippen LogP contribution in [-0.4, -0.2) is 46.5 Å². The molecule has 8 heteroatoms. The van der Waals surface area contributed by atoms with Gasteiger partial charge in [0.05, 0.1) is 19.1 Å². The second-order valence-electron chi connectivity index (χ2n) is 5.69. The predicted octanol–water partition coefficient (Wildman–Crippen LogP) is 3.65. The number of carboxylic acid groups (broad SMARTS) is 1. The number of ether oxygens (including phenoxy) is 2. The zero-order chi connectivity index (χ0) is 18.7. The van der Waals surface area contributed by atoms with Crippen LogP contribution in [0.5, 0.6) is 11.5 Å². The van der Waals surface area contributed by atoms with Crippen molar-refractivity contribution in [2.75, 3.05) is 14.2 Å². The first-order valence-corrected chi connectivity index (χ1v) is 8.74. The van der Waals surface area contributed by atoms with Crippen LogP contribution in [0.1, 0.15) is 19.4 Å². The van der Waals surface area contributed by atoms with Gasteiger partial charge in [-0.25, -0.2) is 4.79 Å². The molecule has 1 aromatic carbocycles. The summed E-state index contributed by atoms with van der Waals surface area (Å²) in [5.41, 5.74) is 0.772. The Morgan fingerprint density at radius 2 is 1.92 bits per heavy atom. The first-order valence-electron chi connectivity index (χ1n) is 7.52. The topological polar surface area (TPSA) is 76.1 Å². The monoisotopic (exact) mass is 381 g/mol. The number of aliphatic carboxylic acids is 1. The first-order chi connectivity index (χ1) is 11.8. The van der Waals surface area contributed by atoms with Crippen molar-refractivity contribution in [1.29, 1.82) is 0 Å². The zero-order valence-corrected chi connectivity index (χ0v) is 15.9. The summed E-state index contributed by atoms with van der Waals surface area (Å²) in [6.07, 6.45) is 1.74. The van der Waals surface area contributed by atoms with E-state index in [4.69, 9.17) is 21.7 Å². The summed E-state index contributed by atoms with van der Waals surface area (Å²) in [6, 6.07) is 4.34. The van der Waals surface area contributed by atoms with E-state index in [0.29, 0.717) is 16.4 Å². The van der Waals surface area contributed by atoms with Crippen LogP contribution in [0, 0.1) is 5.92 Å². The van der Waals surface area contributed by atoms with Gasteiger partial charge in [-0.05, 0) is 41.5 Å². The predicted molar refractivity (Wildman–Crippen MR) is 101 cm³/mol. The molecule has 1 heterocycles. The molecule has 1 aliphatic rings. The highest BCUT2D eigenvalue weighted by molar-refractivity contribution is 8.19. The number of nitrogens with zero attached hydrogens (tertiary/aromatic N) is 1. The molecule has 0 radical (unpaired) electrons. The van der Waals surface area contributed by atoms with Crippen molar-refractivity contribution in [3.63, 3.8) is 0 Å². The summed E-state index contributed by atoms with van der Waals surface area (Å²) < 4.78 is 10.5. The highest BCUT2D eigenvalue weighted by atomic mass is 32.2. The van der Waals surface area contributed by atoms with Gasteiger partial charge < -0.3 is 14.6 Å². The summed E-state index contributed by atoms with van der Waals surface area (Å²) >= 11 is 6.29. The van der Waals surface area contributed by atoms with Gasteiger partial charge in [-0.2, -0.15) is 0 Å². The molecule has 0 aliphatic carbocycles. The maximum Gasteiger partial charge on any atom is 0.327 e. The quantitative estimate of drug-likeness (QED) is 0.595. The molecule has 1 saturated heterocycles. The van der Waals surface area contributed by atoms with E-state index in [1.165, 1.54) is 12.0 Å². The minimum absolute atomic E-state index is 0.228. The molecular formula is C17H19NO5S2. The average molecular weight is 381 g/mol. The van der Waals surface area contributed by atoms with E-state index >= 15 is 0 Å². The summed E-state index contributed by atoms with van der Waals surface area (Å²) in [5.74, 6) is -0.187. The number of benzene rings is 1. The van der Waals surface area contributed by atoms with Crippen LogP contribution >= 0.6 is 24.0 Å².